The van der Waals surface area contributed by atoms with Crippen LogP contribution in [0.4, 0.5) is 0 Å². The average Bonchev–Trinajstić information content (AvgIpc) is 2.68. The summed E-state index contributed by atoms with van der Waals surface area (Å²) < 4.78 is 0. The summed E-state index contributed by atoms with van der Waals surface area (Å²) >= 11 is 0. The monoisotopic (exact) mass is 329 g/mol. The lowest BCUT2D eigenvalue weighted by molar-refractivity contribution is 0.344. The molecule has 0 N–H and O–H groups in total. The molecule has 0 aromatic heterocycles. The molecule has 129 valence electrons. The van der Waals surface area contributed by atoms with E-state index in [2.05, 4.69) is 62.2 Å². The molecule has 0 amide bonds. The van der Waals surface area contributed by atoms with Crippen molar-refractivity contribution in [1.82, 2.24) is 0 Å². The molecule has 0 atom stereocenters. The van der Waals surface area contributed by atoms with Crippen molar-refractivity contribution in [2.24, 2.45) is 0 Å². The Morgan fingerprint density at radius 1 is 0.680 bits per heavy atom. The van der Waals surface area contributed by atoms with Gasteiger partial charge in [-0.2, -0.15) is 0 Å². The molecule has 0 bridgehead atoms. The maximum atomic E-state index is 3.93. The van der Waals surface area contributed by atoms with E-state index in [0.717, 1.165) is 38.5 Å². The molecule has 0 fully saturated rings. The number of hydrogen-bond donors (Lipinski definition) is 0. The summed E-state index contributed by atoms with van der Waals surface area (Å²) in [7, 11) is 0. The van der Waals surface area contributed by atoms with Crippen LogP contribution in [0.5, 0.6) is 0 Å². The second kappa shape index (κ2) is 9.84. The van der Waals surface area contributed by atoms with Crippen molar-refractivity contribution in [3.05, 3.63) is 98.1 Å². The van der Waals surface area contributed by atoms with Crippen molar-refractivity contribution >= 4 is 0 Å². The van der Waals surface area contributed by atoms with Gasteiger partial charge in [-0.3, -0.25) is 0 Å². The van der Waals surface area contributed by atoms with Gasteiger partial charge in [0, 0.05) is 0 Å². The Morgan fingerprint density at radius 3 is 1.56 bits per heavy atom. The highest BCUT2D eigenvalue weighted by Gasteiger charge is 2.30. The van der Waals surface area contributed by atoms with E-state index in [1.165, 1.54) is 16.7 Å². The predicted molar refractivity (Wildman–Crippen MR) is 111 cm³/mol. The number of hydrogen-bond acceptors (Lipinski definition) is 0. The Bertz CT molecular complexity index is 630. The van der Waals surface area contributed by atoms with Gasteiger partial charge in [0.15, 0.2) is 0 Å². The molecule has 2 rings (SSSR count). The number of benzene rings is 2. The molecule has 0 heteroatoms. The quantitative estimate of drug-likeness (QED) is 0.380. The van der Waals surface area contributed by atoms with E-state index in [-0.39, 0.29) is 5.41 Å². The van der Waals surface area contributed by atoms with Crippen LogP contribution in [0, 0.1) is 6.07 Å². The van der Waals surface area contributed by atoms with E-state index in [1.807, 2.05) is 30.4 Å². The molecule has 0 unspecified atom stereocenters. The third-order valence-electron chi connectivity index (χ3n) is 5.03. The predicted octanol–water partition coefficient (Wildman–Crippen LogP) is 7.29. The van der Waals surface area contributed by atoms with Crippen LogP contribution >= 0.6 is 0 Å². The maximum Gasteiger partial charge on any atom is -0.00381 e. The normalized spacial score (nSPS) is 11.0. The Balaban J connectivity index is 2.35. The van der Waals surface area contributed by atoms with Crippen molar-refractivity contribution in [3.8, 4) is 11.1 Å². The number of allylic oxidation sites excluding steroid dienone is 3. The summed E-state index contributed by atoms with van der Waals surface area (Å²) in [5.74, 6) is 0. The molecule has 0 aliphatic carbocycles. The summed E-state index contributed by atoms with van der Waals surface area (Å²) in [5.41, 5.74) is 4.07. The van der Waals surface area contributed by atoms with E-state index in [9.17, 15) is 0 Å². The largest absolute Gasteiger partial charge is 0.103 e. The first kappa shape index (κ1) is 19.0. The van der Waals surface area contributed by atoms with Crippen molar-refractivity contribution in [3.63, 3.8) is 0 Å². The molecule has 2 aromatic rings. The van der Waals surface area contributed by atoms with Gasteiger partial charge in [0.05, 0.1) is 0 Å². The zero-order valence-corrected chi connectivity index (χ0v) is 15.2. The van der Waals surface area contributed by atoms with E-state index in [1.54, 1.807) is 0 Å². The van der Waals surface area contributed by atoms with Crippen molar-refractivity contribution in [1.29, 1.82) is 0 Å². The van der Waals surface area contributed by atoms with E-state index in [0.29, 0.717) is 0 Å². The minimum absolute atomic E-state index is 0.166. The van der Waals surface area contributed by atoms with Crippen molar-refractivity contribution in [2.75, 3.05) is 0 Å². The van der Waals surface area contributed by atoms with Crippen LogP contribution in [0.2, 0.25) is 0 Å². The minimum atomic E-state index is 0.166. The second-order valence-electron chi connectivity index (χ2n) is 6.63. The van der Waals surface area contributed by atoms with Gasteiger partial charge in [-0.1, -0.05) is 66.8 Å². The molecule has 0 aliphatic rings. The molecule has 0 aliphatic heterocycles. The molecule has 0 saturated carbocycles. The third-order valence-corrected chi connectivity index (χ3v) is 5.03. The summed E-state index contributed by atoms with van der Waals surface area (Å²) in [5, 5.41) is 0. The highest BCUT2D eigenvalue weighted by molar-refractivity contribution is 5.63. The van der Waals surface area contributed by atoms with Crippen LogP contribution < -0.4 is 0 Å². The summed E-state index contributed by atoms with van der Waals surface area (Å²) in [4.78, 5) is 0. The molecule has 0 spiro atoms. The fourth-order valence-electron chi connectivity index (χ4n) is 3.54. The van der Waals surface area contributed by atoms with E-state index >= 15 is 0 Å². The topological polar surface area (TPSA) is 0 Å². The lowest BCUT2D eigenvalue weighted by Crippen LogP contribution is -2.26. The molecular formula is C25H29. The lowest BCUT2D eigenvalue weighted by atomic mass is 9.70. The van der Waals surface area contributed by atoms with Gasteiger partial charge in [-0.05, 0) is 66.7 Å². The molecule has 0 nitrogen and oxygen atoms in total. The van der Waals surface area contributed by atoms with Crippen LogP contribution in [-0.4, -0.2) is 0 Å². The summed E-state index contributed by atoms with van der Waals surface area (Å²) in [6, 6.07) is 20.3. The smallest absolute Gasteiger partial charge is 0.00381 e. The first-order chi connectivity index (χ1) is 12.3. The third kappa shape index (κ3) is 5.06. The molecule has 0 saturated heterocycles. The Morgan fingerprint density at radius 2 is 1.12 bits per heavy atom. The van der Waals surface area contributed by atoms with Crippen molar-refractivity contribution < 1.29 is 0 Å². The molecular weight excluding hydrogens is 300 g/mol. The standard InChI is InChI=1S/C25H29/c1-4-7-19-25(20-8-5-2,21-9-6-3)24-17-15-23(16-18-24)22-13-11-10-12-14-22/h4-6,11-18H,1-3,7-9,19-21H2. The average molecular weight is 330 g/mol. The van der Waals surface area contributed by atoms with Gasteiger partial charge in [0.25, 0.3) is 0 Å². The zero-order valence-electron chi connectivity index (χ0n) is 15.2. The lowest BCUT2D eigenvalue weighted by Gasteiger charge is -2.34. The summed E-state index contributed by atoms with van der Waals surface area (Å²) in [6.45, 7) is 11.8. The van der Waals surface area contributed by atoms with Crippen LogP contribution in [0.3, 0.4) is 0 Å². The number of rotatable bonds is 11. The fraction of sp³-hybridized carbons (Fsp3) is 0.280. The Labute approximate surface area is 153 Å². The summed E-state index contributed by atoms with van der Waals surface area (Å²) in [6.07, 6.45) is 12.6. The first-order valence-corrected chi connectivity index (χ1v) is 9.15. The van der Waals surface area contributed by atoms with Gasteiger partial charge in [0.2, 0.25) is 0 Å². The second-order valence-corrected chi connectivity index (χ2v) is 6.63. The fourth-order valence-corrected chi connectivity index (χ4v) is 3.54. The minimum Gasteiger partial charge on any atom is -0.103 e. The van der Waals surface area contributed by atoms with Gasteiger partial charge in [-0.25, -0.2) is 0 Å². The van der Waals surface area contributed by atoms with Gasteiger partial charge < -0.3 is 0 Å². The molecule has 1 radical (unpaired) electrons. The van der Waals surface area contributed by atoms with Crippen LogP contribution in [0.15, 0.2) is 86.5 Å². The molecule has 2 aromatic carbocycles. The van der Waals surface area contributed by atoms with Crippen LogP contribution in [0.1, 0.15) is 44.1 Å². The van der Waals surface area contributed by atoms with Gasteiger partial charge >= 0.3 is 0 Å². The van der Waals surface area contributed by atoms with E-state index in [4.69, 9.17) is 0 Å². The Kier molecular flexibility index (Phi) is 7.47. The van der Waals surface area contributed by atoms with Gasteiger partial charge in [0.1, 0.15) is 0 Å². The highest BCUT2D eigenvalue weighted by atomic mass is 14.3. The van der Waals surface area contributed by atoms with Crippen LogP contribution in [-0.2, 0) is 5.41 Å². The first-order valence-electron chi connectivity index (χ1n) is 9.15. The Hall–Kier alpha value is -2.34. The highest BCUT2D eigenvalue weighted by Crippen LogP contribution is 2.40. The molecule has 0 heterocycles. The zero-order chi connectivity index (χ0) is 18.0. The SMILES string of the molecule is C=CCCC(CCC=C)(CCC=C)c1ccc(-c2cc[c]cc2)cc1. The maximum absolute atomic E-state index is 3.93. The van der Waals surface area contributed by atoms with E-state index < -0.39 is 0 Å². The van der Waals surface area contributed by atoms with Crippen LogP contribution in [0.25, 0.3) is 11.1 Å². The molecule has 25 heavy (non-hydrogen) atoms. The van der Waals surface area contributed by atoms with Crippen molar-refractivity contribution in [2.45, 2.75) is 43.9 Å². The van der Waals surface area contributed by atoms with Gasteiger partial charge in [-0.15, -0.1) is 19.7 Å².